The summed E-state index contributed by atoms with van der Waals surface area (Å²) in [7, 11) is 0. The Kier molecular flexibility index (Phi) is 4.29. The van der Waals surface area contributed by atoms with Crippen molar-refractivity contribution in [2.75, 3.05) is 0 Å². The number of H-pyrrole nitrogens is 1. The Balaban J connectivity index is 2.13. The number of carbonyl (C=O) groups is 1. The van der Waals surface area contributed by atoms with Gasteiger partial charge < -0.3 is 10.1 Å². The Morgan fingerprint density at radius 1 is 1.30 bits per heavy atom. The van der Waals surface area contributed by atoms with Gasteiger partial charge in [0.2, 0.25) is 0 Å². The highest BCUT2D eigenvalue weighted by Gasteiger charge is 2.17. The number of carbonyl (C=O) groups excluding carboxylic acids is 1. The van der Waals surface area contributed by atoms with E-state index in [4.69, 9.17) is 4.74 Å². The Hall–Kier alpha value is -2.44. The van der Waals surface area contributed by atoms with Gasteiger partial charge in [-0.1, -0.05) is 18.2 Å². The molecular formula is C13H17N5O2. The van der Waals surface area contributed by atoms with Gasteiger partial charge in [0, 0.05) is 5.56 Å². The van der Waals surface area contributed by atoms with Crippen LogP contribution in [0.15, 0.2) is 24.3 Å². The average Bonchev–Trinajstić information content (AvgIpc) is 2.92. The fourth-order valence-corrected chi connectivity index (χ4v) is 1.80. The molecule has 7 nitrogen and oxygen atoms in total. The number of hydrogen-bond acceptors (Lipinski definition) is 5. The van der Waals surface area contributed by atoms with Gasteiger partial charge in [-0.3, -0.25) is 4.79 Å². The lowest BCUT2D eigenvalue weighted by molar-refractivity contribution is 0.0928. The first-order chi connectivity index (χ1) is 9.58. The van der Waals surface area contributed by atoms with E-state index < -0.39 is 0 Å². The van der Waals surface area contributed by atoms with Crippen LogP contribution in [0.4, 0.5) is 0 Å². The molecule has 1 atom stereocenters. The molecule has 106 valence electrons. The topological polar surface area (TPSA) is 92.8 Å². The SMILES string of the molecule is CC(C)Oc1ccccc1C(C)NC(=O)c1nn[nH]n1. The van der Waals surface area contributed by atoms with Gasteiger partial charge in [-0.05, 0) is 32.1 Å². The van der Waals surface area contributed by atoms with Crippen LogP contribution in [-0.2, 0) is 0 Å². The molecule has 2 aromatic rings. The Bertz CT molecular complexity index is 568. The van der Waals surface area contributed by atoms with Crippen molar-refractivity contribution in [3.63, 3.8) is 0 Å². The van der Waals surface area contributed by atoms with E-state index in [0.717, 1.165) is 11.3 Å². The van der Waals surface area contributed by atoms with E-state index in [2.05, 4.69) is 25.9 Å². The molecule has 1 amide bonds. The number of para-hydroxylation sites is 1. The number of ether oxygens (including phenoxy) is 1. The first-order valence-corrected chi connectivity index (χ1v) is 6.38. The molecule has 20 heavy (non-hydrogen) atoms. The number of benzene rings is 1. The quantitative estimate of drug-likeness (QED) is 0.862. The number of rotatable bonds is 5. The molecule has 0 radical (unpaired) electrons. The molecule has 1 unspecified atom stereocenters. The van der Waals surface area contributed by atoms with E-state index in [1.807, 2.05) is 45.0 Å². The molecule has 0 bridgehead atoms. The fraction of sp³-hybridized carbons (Fsp3) is 0.385. The molecular weight excluding hydrogens is 258 g/mol. The average molecular weight is 275 g/mol. The Morgan fingerprint density at radius 2 is 2.05 bits per heavy atom. The van der Waals surface area contributed by atoms with Crippen LogP contribution in [0.5, 0.6) is 5.75 Å². The molecule has 1 heterocycles. The van der Waals surface area contributed by atoms with Crippen molar-refractivity contribution in [3.05, 3.63) is 35.7 Å². The van der Waals surface area contributed by atoms with Gasteiger partial charge in [0.05, 0.1) is 12.1 Å². The summed E-state index contributed by atoms with van der Waals surface area (Å²) in [6.07, 6.45) is 0.0660. The smallest absolute Gasteiger partial charge is 0.293 e. The molecule has 0 aliphatic heterocycles. The minimum absolute atomic E-state index is 0.0131. The van der Waals surface area contributed by atoms with E-state index in [1.54, 1.807) is 0 Å². The normalized spacial score (nSPS) is 12.2. The second-order valence-corrected chi connectivity index (χ2v) is 4.63. The highest BCUT2D eigenvalue weighted by molar-refractivity contribution is 5.90. The second-order valence-electron chi connectivity index (χ2n) is 4.63. The monoisotopic (exact) mass is 275 g/mol. The van der Waals surface area contributed by atoms with Crippen molar-refractivity contribution in [2.24, 2.45) is 0 Å². The molecule has 0 fully saturated rings. The van der Waals surface area contributed by atoms with Gasteiger partial charge in [-0.2, -0.15) is 5.21 Å². The van der Waals surface area contributed by atoms with Crippen LogP contribution >= 0.6 is 0 Å². The van der Waals surface area contributed by atoms with Gasteiger partial charge in [-0.25, -0.2) is 0 Å². The van der Waals surface area contributed by atoms with Crippen molar-refractivity contribution in [2.45, 2.75) is 32.9 Å². The van der Waals surface area contributed by atoms with E-state index in [-0.39, 0.29) is 23.9 Å². The standard InChI is InChI=1S/C13H17N5O2/c1-8(2)20-11-7-5-4-6-10(11)9(3)14-13(19)12-15-17-18-16-12/h4-9H,1-3H3,(H,14,19)(H,15,16,17,18). The third-order valence-corrected chi connectivity index (χ3v) is 2.64. The Morgan fingerprint density at radius 3 is 2.70 bits per heavy atom. The van der Waals surface area contributed by atoms with Crippen molar-refractivity contribution >= 4 is 5.91 Å². The number of nitrogens with one attached hydrogen (secondary N) is 2. The zero-order chi connectivity index (χ0) is 14.5. The van der Waals surface area contributed by atoms with Gasteiger partial charge >= 0.3 is 0 Å². The fourth-order valence-electron chi connectivity index (χ4n) is 1.80. The van der Waals surface area contributed by atoms with Crippen molar-refractivity contribution in [3.8, 4) is 5.75 Å². The summed E-state index contributed by atoms with van der Waals surface area (Å²) in [5.41, 5.74) is 0.901. The number of aromatic amines is 1. The molecule has 2 N–H and O–H groups in total. The van der Waals surface area contributed by atoms with E-state index in [1.165, 1.54) is 0 Å². The Labute approximate surface area is 116 Å². The maximum absolute atomic E-state index is 11.9. The van der Waals surface area contributed by atoms with Gasteiger partial charge in [0.25, 0.3) is 11.7 Å². The van der Waals surface area contributed by atoms with E-state index in [9.17, 15) is 4.79 Å². The number of nitrogens with zero attached hydrogens (tertiary/aromatic N) is 3. The molecule has 1 aromatic heterocycles. The van der Waals surface area contributed by atoms with Crippen molar-refractivity contribution < 1.29 is 9.53 Å². The predicted octanol–water partition coefficient (Wildman–Crippen LogP) is 1.48. The summed E-state index contributed by atoms with van der Waals surface area (Å²) in [5, 5.41) is 15.7. The molecule has 0 saturated heterocycles. The lowest BCUT2D eigenvalue weighted by atomic mass is 10.1. The minimum Gasteiger partial charge on any atom is -0.491 e. The lowest BCUT2D eigenvalue weighted by Crippen LogP contribution is -2.28. The van der Waals surface area contributed by atoms with Crippen LogP contribution in [0.3, 0.4) is 0 Å². The summed E-state index contributed by atoms with van der Waals surface area (Å²) >= 11 is 0. The first kappa shape index (κ1) is 14.0. The number of hydrogen-bond donors (Lipinski definition) is 2. The number of tetrazole rings is 1. The van der Waals surface area contributed by atoms with Crippen LogP contribution in [0, 0.1) is 0 Å². The summed E-state index contributed by atoms with van der Waals surface area (Å²) in [6.45, 7) is 5.79. The molecule has 0 aliphatic carbocycles. The third-order valence-electron chi connectivity index (χ3n) is 2.64. The summed E-state index contributed by atoms with van der Waals surface area (Å²) in [6, 6.07) is 7.37. The molecule has 2 rings (SSSR count). The van der Waals surface area contributed by atoms with Crippen molar-refractivity contribution in [1.82, 2.24) is 25.9 Å². The molecule has 7 heteroatoms. The summed E-state index contributed by atoms with van der Waals surface area (Å²) in [4.78, 5) is 11.9. The van der Waals surface area contributed by atoms with E-state index >= 15 is 0 Å². The van der Waals surface area contributed by atoms with Crippen molar-refractivity contribution in [1.29, 1.82) is 0 Å². The zero-order valence-electron chi connectivity index (χ0n) is 11.6. The van der Waals surface area contributed by atoms with Crippen LogP contribution in [0.1, 0.15) is 43.0 Å². The molecule has 1 aromatic carbocycles. The molecule has 0 spiro atoms. The molecule has 0 saturated carbocycles. The summed E-state index contributed by atoms with van der Waals surface area (Å²) < 4.78 is 5.74. The maximum atomic E-state index is 11.9. The van der Waals surface area contributed by atoms with Gasteiger partial charge in [-0.15, -0.1) is 10.2 Å². The maximum Gasteiger partial charge on any atom is 0.293 e. The molecule has 0 aliphatic rings. The highest BCUT2D eigenvalue weighted by atomic mass is 16.5. The van der Waals surface area contributed by atoms with Crippen LogP contribution < -0.4 is 10.1 Å². The minimum atomic E-state index is -0.384. The van der Waals surface area contributed by atoms with Crippen LogP contribution in [0.2, 0.25) is 0 Å². The third kappa shape index (κ3) is 3.31. The second kappa shape index (κ2) is 6.14. The van der Waals surface area contributed by atoms with Crippen LogP contribution in [0.25, 0.3) is 0 Å². The van der Waals surface area contributed by atoms with Gasteiger partial charge in [0.1, 0.15) is 5.75 Å². The van der Waals surface area contributed by atoms with E-state index in [0.29, 0.717) is 0 Å². The van der Waals surface area contributed by atoms with Gasteiger partial charge in [0.15, 0.2) is 0 Å². The first-order valence-electron chi connectivity index (χ1n) is 6.38. The highest BCUT2D eigenvalue weighted by Crippen LogP contribution is 2.25. The zero-order valence-corrected chi connectivity index (χ0v) is 11.6. The number of amides is 1. The predicted molar refractivity (Wildman–Crippen MR) is 72.3 cm³/mol. The lowest BCUT2D eigenvalue weighted by Gasteiger charge is -2.19. The van der Waals surface area contributed by atoms with Crippen LogP contribution in [-0.4, -0.2) is 32.6 Å². The largest absolute Gasteiger partial charge is 0.491 e. The number of aromatic nitrogens is 4. The summed E-state index contributed by atoms with van der Waals surface area (Å²) in [5.74, 6) is 0.383.